The first-order valence-corrected chi connectivity index (χ1v) is 7.37. The molecule has 0 bridgehead atoms. The summed E-state index contributed by atoms with van der Waals surface area (Å²) in [6.45, 7) is -2.94. The van der Waals surface area contributed by atoms with Gasteiger partial charge in [-0.2, -0.15) is 8.78 Å². The van der Waals surface area contributed by atoms with Gasteiger partial charge in [0.25, 0.3) is 0 Å². The second-order valence-electron chi connectivity index (χ2n) is 5.49. The fourth-order valence-electron chi connectivity index (χ4n) is 2.62. The number of halogens is 3. The predicted octanol–water partition coefficient (Wildman–Crippen LogP) is 2.39. The van der Waals surface area contributed by atoms with Gasteiger partial charge in [-0.25, -0.2) is 9.18 Å². The molecule has 0 saturated heterocycles. The maximum Gasteiger partial charge on any atom is 0.387 e. The predicted molar refractivity (Wildman–Crippen MR) is 76.6 cm³/mol. The molecule has 5 nitrogen and oxygen atoms in total. The maximum atomic E-state index is 13.7. The number of carbonyl (C=O) groups is 1. The first kappa shape index (κ1) is 17.4. The zero-order valence-corrected chi connectivity index (χ0v) is 12.4. The third kappa shape index (κ3) is 5.31. The molecule has 1 aromatic carbocycles. The number of amides is 2. The largest absolute Gasteiger partial charge is 0.434 e. The normalized spacial score (nSPS) is 20.6. The van der Waals surface area contributed by atoms with Crippen molar-refractivity contribution >= 4 is 6.03 Å². The highest BCUT2D eigenvalue weighted by Gasteiger charge is 2.23. The summed E-state index contributed by atoms with van der Waals surface area (Å²) in [7, 11) is 0. The molecule has 3 N–H and O–H groups in total. The number of hydrogen-bond acceptors (Lipinski definition) is 3. The third-order valence-electron chi connectivity index (χ3n) is 3.78. The van der Waals surface area contributed by atoms with Crippen LogP contribution in [0, 0.1) is 11.7 Å². The number of benzene rings is 1. The molecule has 1 aliphatic carbocycles. The highest BCUT2D eigenvalue weighted by Crippen LogP contribution is 2.25. The minimum absolute atomic E-state index is 0.140. The second kappa shape index (κ2) is 8.05. The van der Waals surface area contributed by atoms with Crippen molar-refractivity contribution in [1.29, 1.82) is 0 Å². The summed E-state index contributed by atoms with van der Waals surface area (Å²) in [5, 5.41) is 14.4. The smallest absolute Gasteiger partial charge is 0.387 e. The van der Waals surface area contributed by atoms with E-state index in [4.69, 9.17) is 0 Å². The molecule has 128 valence electrons. The van der Waals surface area contributed by atoms with Gasteiger partial charge in [0.1, 0.15) is 11.6 Å². The lowest BCUT2D eigenvalue weighted by molar-refractivity contribution is -0.0506. The highest BCUT2D eigenvalue weighted by atomic mass is 19.3. The zero-order chi connectivity index (χ0) is 16.8. The van der Waals surface area contributed by atoms with E-state index in [1.165, 1.54) is 12.1 Å². The summed E-state index contributed by atoms with van der Waals surface area (Å²) in [5.41, 5.74) is -0.140. The van der Waals surface area contributed by atoms with E-state index in [9.17, 15) is 23.1 Å². The first-order valence-electron chi connectivity index (χ1n) is 7.37. The minimum Gasteiger partial charge on any atom is -0.434 e. The number of alkyl halides is 2. The number of aliphatic hydroxyl groups excluding tert-OH is 1. The average Bonchev–Trinajstić information content (AvgIpc) is 2.89. The van der Waals surface area contributed by atoms with Crippen molar-refractivity contribution in [3.05, 3.63) is 29.6 Å². The van der Waals surface area contributed by atoms with Crippen molar-refractivity contribution in [3.63, 3.8) is 0 Å². The molecule has 1 saturated carbocycles. The molecule has 1 fully saturated rings. The van der Waals surface area contributed by atoms with Gasteiger partial charge in [-0.1, -0.05) is 6.07 Å². The van der Waals surface area contributed by atoms with E-state index in [0.717, 1.165) is 18.9 Å². The Hall–Kier alpha value is -1.96. The lowest BCUT2D eigenvalue weighted by Crippen LogP contribution is -2.37. The van der Waals surface area contributed by atoms with Crippen molar-refractivity contribution < 1.29 is 27.8 Å². The molecule has 1 aromatic rings. The summed E-state index contributed by atoms with van der Waals surface area (Å²) >= 11 is 0. The van der Waals surface area contributed by atoms with Gasteiger partial charge >= 0.3 is 12.6 Å². The number of urea groups is 1. The van der Waals surface area contributed by atoms with Crippen molar-refractivity contribution in [2.75, 3.05) is 6.54 Å². The first-order chi connectivity index (χ1) is 11.0. The van der Waals surface area contributed by atoms with E-state index in [1.54, 1.807) is 0 Å². The van der Waals surface area contributed by atoms with Crippen LogP contribution in [0.25, 0.3) is 0 Å². The number of hydrogen-bond donors (Lipinski definition) is 3. The molecule has 2 amide bonds. The Kier molecular flexibility index (Phi) is 6.09. The molecule has 1 aliphatic rings. The van der Waals surface area contributed by atoms with Gasteiger partial charge in [0.2, 0.25) is 0 Å². The van der Waals surface area contributed by atoms with Crippen LogP contribution in [0.5, 0.6) is 5.75 Å². The Balaban J connectivity index is 1.84. The lowest BCUT2D eigenvalue weighted by atomic mass is 10.1. The molecule has 23 heavy (non-hydrogen) atoms. The molecule has 0 spiro atoms. The molecule has 2 atom stereocenters. The summed E-state index contributed by atoms with van der Waals surface area (Å²) in [6.07, 6.45) is 1.87. The third-order valence-corrected chi connectivity index (χ3v) is 3.78. The SMILES string of the molecule is O=C(NCc1c(F)cccc1OC(F)F)NC[C@H]1CC[C@H](O)C1. The number of rotatable bonds is 6. The van der Waals surface area contributed by atoms with Crippen LogP contribution < -0.4 is 15.4 Å². The molecule has 0 aliphatic heterocycles. The highest BCUT2D eigenvalue weighted by molar-refractivity contribution is 5.73. The van der Waals surface area contributed by atoms with E-state index in [2.05, 4.69) is 15.4 Å². The van der Waals surface area contributed by atoms with Crippen LogP contribution in [0.4, 0.5) is 18.0 Å². The van der Waals surface area contributed by atoms with Gasteiger partial charge in [0, 0.05) is 12.1 Å². The van der Waals surface area contributed by atoms with Crippen molar-refractivity contribution in [1.82, 2.24) is 10.6 Å². The van der Waals surface area contributed by atoms with Gasteiger partial charge in [0.15, 0.2) is 0 Å². The van der Waals surface area contributed by atoms with Gasteiger partial charge in [0.05, 0.1) is 12.6 Å². The van der Waals surface area contributed by atoms with E-state index in [-0.39, 0.29) is 29.9 Å². The Labute approximate surface area is 131 Å². The molecule has 0 aromatic heterocycles. The van der Waals surface area contributed by atoms with Crippen molar-refractivity contribution in [2.24, 2.45) is 5.92 Å². The van der Waals surface area contributed by atoms with Crippen LogP contribution in [-0.2, 0) is 6.54 Å². The minimum atomic E-state index is -3.07. The molecule has 0 heterocycles. The fourth-order valence-corrected chi connectivity index (χ4v) is 2.62. The molecule has 0 radical (unpaired) electrons. The molecular formula is C15H19F3N2O3. The summed E-state index contributed by atoms with van der Waals surface area (Å²) < 4.78 is 42.5. The van der Waals surface area contributed by atoms with E-state index in [1.807, 2.05) is 0 Å². The second-order valence-corrected chi connectivity index (χ2v) is 5.49. The molecule has 8 heteroatoms. The van der Waals surface area contributed by atoms with Crippen LogP contribution >= 0.6 is 0 Å². The van der Waals surface area contributed by atoms with E-state index >= 15 is 0 Å². The number of ether oxygens (including phenoxy) is 1. The van der Waals surface area contributed by atoms with Gasteiger partial charge < -0.3 is 20.5 Å². The summed E-state index contributed by atoms with van der Waals surface area (Å²) in [5.74, 6) is -0.830. The van der Waals surface area contributed by atoms with Gasteiger partial charge in [-0.05, 0) is 37.3 Å². The number of carbonyl (C=O) groups excluding carboxylic acids is 1. The monoisotopic (exact) mass is 332 g/mol. The molecule has 0 unspecified atom stereocenters. The van der Waals surface area contributed by atoms with Crippen LogP contribution in [-0.4, -0.2) is 30.4 Å². The summed E-state index contributed by atoms with van der Waals surface area (Å²) in [4.78, 5) is 11.7. The van der Waals surface area contributed by atoms with Crippen LogP contribution in [0.15, 0.2) is 18.2 Å². The Bertz CT molecular complexity index is 543. The van der Waals surface area contributed by atoms with Crippen molar-refractivity contribution in [2.45, 2.75) is 38.5 Å². The summed E-state index contributed by atoms with van der Waals surface area (Å²) in [6, 6.07) is 3.04. The standard InChI is InChI=1S/C15H19F3N2O3/c16-12-2-1-3-13(23-14(17)18)11(12)8-20-15(22)19-7-9-4-5-10(21)6-9/h1-3,9-10,14,21H,4-8H2,(H2,19,20,22)/t9-,10-/m0/s1. The topological polar surface area (TPSA) is 70.6 Å². The maximum absolute atomic E-state index is 13.7. The zero-order valence-electron chi connectivity index (χ0n) is 12.4. The molecular weight excluding hydrogens is 313 g/mol. The molecule has 2 rings (SSSR count). The Morgan fingerprint density at radius 2 is 2.13 bits per heavy atom. The number of aliphatic hydroxyl groups is 1. The average molecular weight is 332 g/mol. The quantitative estimate of drug-likeness (QED) is 0.749. The Morgan fingerprint density at radius 3 is 2.78 bits per heavy atom. The van der Waals surface area contributed by atoms with Crippen LogP contribution in [0.3, 0.4) is 0 Å². The lowest BCUT2D eigenvalue weighted by Gasteiger charge is -2.14. The van der Waals surface area contributed by atoms with E-state index < -0.39 is 18.5 Å². The van der Waals surface area contributed by atoms with Gasteiger partial charge in [-0.3, -0.25) is 0 Å². The fraction of sp³-hybridized carbons (Fsp3) is 0.533. The Morgan fingerprint density at radius 1 is 1.35 bits per heavy atom. The van der Waals surface area contributed by atoms with Gasteiger partial charge in [-0.15, -0.1) is 0 Å². The van der Waals surface area contributed by atoms with E-state index in [0.29, 0.717) is 13.0 Å². The van der Waals surface area contributed by atoms with Crippen LogP contribution in [0.1, 0.15) is 24.8 Å². The van der Waals surface area contributed by atoms with Crippen molar-refractivity contribution in [3.8, 4) is 5.75 Å². The van der Waals surface area contributed by atoms with Crippen LogP contribution in [0.2, 0.25) is 0 Å². The number of nitrogens with one attached hydrogen (secondary N) is 2.